The summed E-state index contributed by atoms with van der Waals surface area (Å²) in [6, 6.07) is 0.165. The Hall–Kier alpha value is -0.610. The number of carbonyl (C=O) groups excluding carboxylic acids is 1. The summed E-state index contributed by atoms with van der Waals surface area (Å²) < 4.78 is 4.92. The second-order valence-electron chi connectivity index (χ2n) is 5.64. The van der Waals surface area contributed by atoms with Crippen LogP contribution in [0, 0.1) is 11.3 Å². The van der Waals surface area contributed by atoms with E-state index in [0.29, 0.717) is 5.92 Å². The Morgan fingerprint density at radius 3 is 2.65 bits per heavy atom. The number of hydrogen-bond donors (Lipinski definition) is 1. The van der Waals surface area contributed by atoms with Crippen molar-refractivity contribution in [1.82, 2.24) is 10.2 Å². The average molecular weight is 242 g/mol. The summed E-state index contributed by atoms with van der Waals surface area (Å²) in [4.78, 5) is 14.2. The van der Waals surface area contributed by atoms with E-state index in [2.05, 4.69) is 17.3 Å². The third kappa shape index (κ3) is 3.19. The van der Waals surface area contributed by atoms with Crippen molar-refractivity contribution >= 4 is 5.97 Å². The molecule has 0 spiro atoms. The third-order valence-electron chi connectivity index (χ3n) is 3.93. The lowest BCUT2D eigenvalue weighted by Crippen LogP contribution is -2.53. The van der Waals surface area contributed by atoms with E-state index in [9.17, 15) is 4.79 Å². The van der Waals surface area contributed by atoms with Crippen LogP contribution in [0.25, 0.3) is 0 Å². The number of rotatable bonds is 4. The van der Waals surface area contributed by atoms with Gasteiger partial charge in [-0.2, -0.15) is 0 Å². The summed E-state index contributed by atoms with van der Waals surface area (Å²) in [5, 5.41) is 3.32. The number of methoxy groups -OCH3 is 1. The monoisotopic (exact) mass is 242 g/mol. The Labute approximate surface area is 105 Å². The Morgan fingerprint density at radius 2 is 2.18 bits per heavy atom. The van der Waals surface area contributed by atoms with Gasteiger partial charge in [-0.1, -0.05) is 0 Å². The zero-order chi connectivity index (χ0) is 13.1. The van der Waals surface area contributed by atoms with Gasteiger partial charge in [0.1, 0.15) is 0 Å². The number of likely N-dealkylation sites (tertiary alicyclic amines) is 1. The van der Waals surface area contributed by atoms with Crippen LogP contribution in [0.3, 0.4) is 0 Å². The maximum Gasteiger partial charge on any atom is 0.312 e. The van der Waals surface area contributed by atoms with Crippen LogP contribution in [-0.2, 0) is 9.53 Å². The smallest absolute Gasteiger partial charge is 0.312 e. The highest BCUT2D eigenvalue weighted by Gasteiger charge is 2.42. The van der Waals surface area contributed by atoms with Gasteiger partial charge in [0.15, 0.2) is 0 Å². The number of carbonyl (C=O) groups is 1. The van der Waals surface area contributed by atoms with Crippen LogP contribution in [0.2, 0.25) is 0 Å². The van der Waals surface area contributed by atoms with Crippen molar-refractivity contribution in [3.05, 3.63) is 0 Å². The molecule has 4 nitrogen and oxygen atoms in total. The molecule has 1 fully saturated rings. The quantitative estimate of drug-likeness (QED) is 0.750. The van der Waals surface area contributed by atoms with E-state index in [1.54, 1.807) is 0 Å². The summed E-state index contributed by atoms with van der Waals surface area (Å²) in [6.45, 7) is 6.14. The van der Waals surface area contributed by atoms with Crippen LogP contribution < -0.4 is 5.32 Å². The fraction of sp³-hybridized carbons (Fsp3) is 0.923. The van der Waals surface area contributed by atoms with Crippen LogP contribution >= 0.6 is 0 Å². The zero-order valence-corrected chi connectivity index (χ0v) is 11.7. The van der Waals surface area contributed by atoms with Gasteiger partial charge in [-0.15, -0.1) is 0 Å². The molecule has 1 heterocycles. The predicted octanol–water partition coefficient (Wildman–Crippen LogP) is 1.12. The molecule has 17 heavy (non-hydrogen) atoms. The van der Waals surface area contributed by atoms with Gasteiger partial charge in [-0.05, 0) is 53.2 Å². The van der Waals surface area contributed by atoms with E-state index in [0.717, 1.165) is 13.1 Å². The normalized spacial score (nSPS) is 24.4. The molecule has 0 aliphatic carbocycles. The molecule has 100 valence electrons. The van der Waals surface area contributed by atoms with Gasteiger partial charge in [0, 0.05) is 12.6 Å². The molecule has 1 saturated heterocycles. The first kappa shape index (κ1) is 14.5. The molecule has 0 saturated carbocycles. The highest BCUT2D eigenvalue weighted by molar-refractivity contribution is 5.76. The number of piperidine rings is 1. The minimum atomic E-state index is -0.480. The lowest BCUT2D eigenvalue weighted by atomic mass is 9.74. The topological polar surface area (TPSA) is 41.6 Å². The minimum absolute atomic E-state index is 0.134. The lowest BCUT2D eigenvalue weighted by molar-refractivity contribution is -0.153. The van der Waals surface area contributed by atoms with Crippen molar-refractivity contribution in [2.45, 2.75) is 32.7 Å². The highest BCUT2D eigenvalue weighted by Crippen LogP contribution is 2.31. The molecule has 0 aromatic rings. The molecule has 2 atom stereocenters. The van der Waals surface area contributed by atoms with Crippen molar-refractivity contribution in [3.63, 3.8) is 0 Å². The van der Waals surface area contributed by atoms with Crippen molar-refractivity contribution < 1.29 is 9.53 Å². The first-order chi connectivity index (χ1) is 7.93. The van der Waals surface area contributed by atoms with E-state index in [1.807, 2.05) is 20.9 Å². The van der Waals surface area contributed by atoms with Crippen LogP contribution in [0.1, 0.15) is 26.7 Å². The second kappa shape index (κ2) is 5.83. The molecule has 1 rings (SSSR count). The van der Waals surface area contributed by atoms with Crippen molar-refractivity contribution in [2.75, 3.05) is 34.3 Å². The molecule has 2 unspecified atom stereocenters. The molecule has 0 radical (unpaired) electrons. The predicted molar refractivity (Wildman–Crippen MR) is 68.9 cm³/mol. The SMILES string of the molecule is CNC(C1CCCN(C)C1)C(C)(C)C(=O)OC. The molecule has 0 aromatic carbocycles. The van der Waals surface area contributed by atoms with Crippen molar-refractivity contribution in [1.29, 1.82) is 0 Å². The number of hydrogen-bond acceptors (Lipinski definition) is 4. The molecular formula is C13H26N2O2. The van der Waals surface area contributed by atoms with E-state index < -0.39 is 5.41 Å². The first-order valence-electron chi connectivity index (χ1n) is 6.37. The maximum atomic E-state index is 11.9. The Bertz CT molecular complexity index is 266. The minimum Gasteiger partial charge on any atom is -0.469 e. The average Bonchev–Trinajstić information content (AvgIpc) is 2.28. The Kier molecular flexibility index (Phi) is 4.95. The summed E-state index contributed by atoms with van der Waals surface area (Å²) in [7, 11) is 5.54. The van der Waals surface area contributed by atoms with Crippen LogP contribution in [0.5, 0.6) is 0 Å². The summed E-state index contributed by atoms with van der Waals surface area (Å²) in [6.07, 6.45) is 2.38. The summed E-state index contributed by atoms with van der Waals surface area (Å²) in [5.74, 6) is 0.373. The second-order valence-corrected chi connectivity index (χ2v) is 5.64. The van der Waals surface area contributed by atoms with Gasteiger partial charge in [-0.3, -0.25) is 4.79 Å². The standard InChI is InChI=1S/C13H26N2O2/c1-13(2,12(16)17-5)11(14-3)10-7-6-8-15(4)9-10/h10-11,14H,6-9H2,1-5H3. The molecule has 0 bridgehead atoms. The van der Waals surface area contributed by atoms with Gasteiger partial charge >= 0.3 is 5.97 Å². The van der Waals surface area contributed by atoms with E-state index in [4.69, 9.17) is 4.74 Å². The largest absolute Gasteiger partial charge is 0.469 e. The van der Waals surface area contributed by atoms with Crippen molar-refractivity contribution in [3.8, 4) is 0 Å². The van der Waals surface area contributed by atoms with Gasteiger partial charge in [-0.25, -0.2) is 0 Å². The molecular weight excluding hydrogens is 216 g/mol. The van der Waals surface area contributed by atoms with Crippen molar-refractivity contribution in [2.24, 2.45) is 11.3 Å². The molecule has 1 N–H and O–H groups in total. The van der Waals surface area contributed by atoms with Crippen LogP contribution in [0.4, 0.5) is 0 Å². The molecule has 0 aromatic heterocycles. The van der Waals surface area contributed by atoms with E-state index >= 15 is 0 Å². The van der Waals surface area contributed by atoms with E-state index in [-0.39, 0.29) is 12.0 Å². The molecule has 4 heteroatoms. The fourth-order valence-electron chi connectivity index (χ4n) is 3.05. The summed E-state index contributed by atoms with van der Waals surface area (Å²) in [5.41, 5.74) is -0.480. The van der Waals surface area contributed by atoms with Gasteiger partial charge in [0.05, 0.1) is 12.5 Å². The number of esters is 1. The van der Waals surface area contributed by atoms with E-state index in [1.165, 1.54) is 20.0 Å². The van der Waals surface area contributed by atoms with Gasteiger partial charge < -0.3 is 15.0 Å². The van der Waals surface area contributed by atoms with Crippen LogP contribution in [0.15, 0.2) is 0 Å². The zero-order valence-electron chi connectivity index (χ0n) is 11.7. The highest BCUT2D eigenvalue weighted by atomic mass is 16.5. The number of ether oxygens (including phenoxy) is 1. The molecule has 1 aliphatic heterocycles. The number of nitrogens with one attached hydrogen (secondary N) is 1. The fourth-order valence-corrected chi connectivity index (χ4v) is 3.05. The maximum absolute atomic E-state index is 11.9. The molecule has 1 aliphatic rings. The van der Waals surface area contributed by atoms with Gasteiger partial charge in [0.2, 0.25) is 0 Å². The van der Waals surface area contributed by atoms with Gasteiger partial charge in [0.25, 0.3) is 0 Å². The number of nitrogens with zero attached hydrogens (tertiary/aromatic N) is 1. The lowest BCUT2D eigenvalue weighted by Gasteiger charge is -2.41. The van der Waals surface area contributed by atoms with Crippen LogP contribution in [-0.4, -0.2) is 51.2 Å². The third-order valence-corrected chi connectivity index (χ3v) is 3.93. The Balaban J connectivity index is 2.79. The first-order valence-corrected chi connectivity index (χ1v) is 6.37. The summed E-state index contributed by atoms with van der Waals surface area (Å²) >= 11 is 0. The Morgan fingerprint density at radius 1 is 1.53 bits per heavy atom. The molecule has 0 amide bonds.